The van der Waals surface area contributed by atoms with Gasteiger partial charge in [0.25, 0.3) is 0 Å². The average molecular weight is 443 g/mol. The second kappa shape index (κ2) is 10.8. The first-order valence-corrected chi connectivity index (χ1v) is 11.3. The van der Waals surface area contributed by atoms with Crippen molar-refractivity contribution in [1.82, 2.24) is 9.80 Å². The molecule has 0 unspecified atom stereocenters. The van der Waals surface area contributed by atoms with E-state index in [0.717, 1.165) is 48.4 Å². The number of carbonyl (C=O) groups is 2. The van der Waals surface area contributed by atoms with Gasteiger partial charge in [-0.25, -0.2) is 4.79 Å². The number of urea groups is 1. The summed E-state index contributed by atoms with van der Waals surface area (Å²) < 4.78 is 0. The highest BCUT2D eigenvalue weighted by atomic mass is 16.2. The van der Waals surface area contributed by atoms with E-state index in [1.807, 2.05) is 79.8 Å². The summed E-state index contributed by atoms with van der Waals surface area (Å²) in [4.78, 5) is 29.0. The van der Waals surface area contributed by atoms with Gasteiger partial charge in [0.15, 0.2) is 0 Å². The molecule has 6 nitrogen and oxygen atoms in total. The lowest BCUT2D eigenvalue weighted by Gasteiger charge is -2.36. The van der Waals surface area contributed by atoms with E-state index < -0.39 is 0 Å². The van der Waals surface area contributed by atoms with Gasteiger partial charge in [-0.05, 0) is 48.2 Å². The van der Waals surface area contributed by atoms with E-state index in [1.165, 1.54) is 0 Å². The Morgan fingerprint density at radius 3 is 1.97 bits per heavy atom. The van der Waals surface area contributed by atoms with E-state index in [1.54, 1.807) is 4.90 Å². The Balaban J connectivity index is 1.23. The molecule has 0 radical (unpaired) electrons. The monoisotopic (exact) mass is 442 g/mol. The number of carbonyl (C=O) groups excluding carboxylic acids is 2. The molecule has 0 spiro atoms. The van der Waals surface area contributed by atoms with Gasteiger partial charge in [-0.2, -0.15) is 0 Å². The highest BCUT2D eigenvalue weighted by molar-refractivity contribution is 5.92. The smallest absolute Gasteiger partial charge is 0.321 e. The van der Waals surface area contributed by atoms with Crippen molar-refractivity contribution in [3.05, 3.63) is 84.9 Å². The molecular weight excluding hydrogens is 412 g/mol. The number of nitrogens with one attached hydrogen (secondary N) is 2. The molecule has 33 heavy (non-hydrogen) atoms. The van der Waals surface area contributed by atoms with Gasteiger partial charge in [-0.3, -0.25) is 9.69 Å². The highest BCUT2D eigenvalue weighted by Gasteiger charge is 2.26. The fourth-order valence-electron chi connectivity index (χ4n) is 4.14. The SMILES string of the molecule is CN(C(=O)Nc1ccc(-c2ccccc2)cc1)C1CCN(CC(=O)Nc2ccccc2)CC1. The number of para-hydroxylation sites is 1. The fraction of sp³-hybridized carbons (Fsp3) is 0.259. The van der Waals surface area contributed by atoms with Crippen LogP contribution in [0, 0.1) is 0 Å². The summed E-state index contributed by atoms with van der Waals surface area (Å²) in [6, 6.07) is 27.6. The molecule has 1 heterocycles. The number of hydrogen-bond acceptors (Lipinski definition) is 3. The van der Waals surface area contributed by atoms with Crippen molar-refractivity contribution in [2.75, 3.05) is 37.3 Å². The van der Waals surface area contributed by atoms with Gasteiger partial charge < -0.3 is 15.5 Å². The molecule has 6 heteroatoms. The third kappa shape index (κ3) is 6.20. The molecule has 4 rings (SSSR count). The summed E-state index contributed by atoms with van der Waals surface area (Å²) in [5.74, 6) is -0.00954. The van der Waals surface area contributed by atoms with Crippen LogP contribution in [0.15, 0.2) is 84.9 Å². The van der Waals surface area contributed by atoms with Crippen molar-refractivity contribution >= 4 is 23.3 Å². The zero-order chi connectivity index (χ0) is 23.0. The van der Waals surface area contributed by atoms with Crippen LogP contribution in [-0.2, 0) is 4.79 Å². The first-order valence-electron chi connectivity index (χ1n) is 11.3. The molecule has 3 aromatic carbocycles. The predicted molar refractivity (Wildman–Crippen MR) is 133 cm³/mol. The Morgan fingerprint density at radius 1 is 0.788 bits per heavy atom. The molecule has 2 N–H and O–H groups in total. The summed E-state index contributed by atoms with van der Waals surface area (Å²) in [5, 5.41) is 5.93. The molecule has 1 saturated heterocycles. The van der Waals surface area contributed by atoms with Crippen molar-refractivity contribution in [1.29, 1.82) is 0 Å². The molecule has 170 valence electrons. The van der Waals surface area contributed by atoms with Crippen LogP contribution in [0.3, 0.4) is 0 Å². The second-order valence-electron chi connectivity index (χ2n) is 8.41. The van der Waals surface area contributed by atoms with Crippen LogP contribution in [0.2, 0.25) is 0 Å². The minimum Gasteiger partial charge on any atom is -0.325 e. The standard InChI is InChI=1S/C27H30N4O2/c1-30(27(33)29-24-14-12-22(13-15-24)21-8-4-2-5-9-21)25-16-18-31(19-17-25)20-26(32)28-23-10-6-3-7-11-23/h2-15,25H,16-20H2,1H3,(H,28,32)(H,29,33). The fourth-order valence-corrected chi connectivity index (χ4v) is 4.14. The first kappa shape index (κ1) is 22.6. The third-order valence-electron chi connectivity index (χ3n) is 6.09. The summed E-state index contributed by atoms with van der Waals surface area (Å²) in [6.07, 6.45) is 1.69. The van der Waals surface area contributed by atoms with Crippen LogP contribution < -0.4 is 10.6 Å². The van der Waals surface area contributed by atoms with E-state index in [9.17, 15) is 9.59 Å². The number of piperidine rings is 1. The average Bonchev–Trinajstić information content (AvgIpc) is 2.85. The van der Waals surface area contributed by atoms with Gasteiger partial charge in [0.05, 0.1) is 6.54 Å². The van der Waals surface area contributed by atoms with Crippen molar-refractivity contribution in [3.63, 3.8) is 0 Å². The van der Waals surface area contributed by atoms with E-state index in [-0.39, 0.29) is 18.0 Å². The van der Waals surface area contributed by atoms with Gasteiger partial charge in [-0.15, -0.1) is 0 Å². The largest absolute Gasteiger partial charge is 0.325 e. The molecule has 0 aromatic heterocycles. The Hall–Kier alpha value is -3.64. The summed E-state index contributed by atoms with van der Waals surface area (Å²) in [5.41, 5.74) is 3.86. The topological polar surface area (TPSA) is 64.7 Å². The van der Waals surface area contributed by atoms with E-state index in [4.69, 9.17) is 0 Å². The van der Waals surface area contributed by atoms with Crippen LogP contribution in [0.4, 0.5) is 16.2 Å². The minimum absolute atomic E-state index is 0.00954. The van der Waals surface area contributed by atoms with E-state index in [0.29, 0.717) is 6.54 Å². The zero-order valence-corrected chi connectivity index (χ0v) is 18.9. The first-order chi connectivity index (χ1) is 16.1. The number of benzene rings is 3. The molecule has 3 amide bonds. The lowest BCUT2D eigenvalue weighted by atomic mass is 10.0. The van der Waals surface area contributed by atoms with Crippen LogP contribution in [-0.4, -0.2) is 54.5 Å². The van der Waals surface area contributed by atoms with Gasteiger partial charge in [0, 0.05) is 37.6 Å². The summed E-state index contributed by atoms with van der Waals surface area (Å²) in [7, 11) is 1.84. The molecule has 0 aliphatic carbocycles. The van der Waals surface area contributed by atoms with Crippen LogP contribution in [0.5, 0.6) is 0 Å². The van der Waals surface area contributed by atoms with E-state index in [2.05, 4.69) is 27.7 Å². The zero-order valence-electron chi connectivity index (χ0n) is 18.9. The molecular formula is C27H30N4O2. The molecule has 1 aliphatic heterocycles. The highest BCUT2D eigenvalue weighted by Crippen LogP contribution is 2.22. The summed E-state index contributed by atoms with van der Waals surface area (Å²) in [6.45, 7) is 1.94. The van der Waals surface area contributed by atoms with Crippen molar-refractivity contribution in [3.8, 4) is 11.1 Å². The second-order valence-corrected chi connectivity index (χ2v) is 8.41. The lowest BCUT2D eigenvalue weighted by molar-refractivity contribution is -0.117. The number of rotatable bonds is 6. The molecule has 0 bridgehead atoms. The molecule has 1 fully saturated rings. The number of nitrogens with zero attached hydrogens (tertiary/aromatic N) is 2. The van der Waals surface area contributed by atoms with Gasteiger partial charge >= 0.3 is 6.03 Å². The molecule has 3 aromatic rings. The predicted octanol–water partition coefficient (Wildman–Crippen LogP) is 4.92. The van der Waals surface area contributed by atoms with Crippen LogP contribution >= 0.6 is 0 Å². The minimum atomic E-state index is -0.109. The number of hydrogen-bond donors (Lipinski definition) is 2. The number of likely N-dealkylation sites (tertiary alicyclic amines) is 1. The quantitative estimate of drug-likeness (QED) is 0.570. The van der Waals surface area contributed by atoms with Crippen LogP contribution in [0.1, 0.15) is 12.8 Å². The van der Waals surface area contributed by atoms with Gasteiger partial charge in [0.2, 0.25) is 5.91 Å². The Labute approximate surface area is 195 Å². The number of amides is 3. The molecule has 0 saturated carbocycles. The normalized spacial score (nSPS) is 14.5. The molecule has 0 atom stereocenters. The Kier molecular flexibility index (Phi) is 7.37. The maximum absolute atomic E-state index is 12.8. The number of anilines is 2. The van der Waals surface area contributed by atoms with Gasteiger partial charge in [0.1, 0.15) is 0 Å². The van der Waals surface area contributed by atoms with Crippen molar-refractivity contribution in [2.24, 2.45) is 0 Å². The lowest BCUT2D eigenvalue weighted by Crippen LogP contribution is -2.48. The Morgan fingerprint density at radius 2 is 1.33 bits per heavy atom. The third-order valence-corrected chi connectivity index (χ3v) is 6.09. The Bertz CT molecular complexity index is 1050. The summed E-state index contributed by atoms with van der Waals surface area (Å²) >= 11 is 0. The van der Waals surface area contributed by atoms with Gasteiger partial charge in [-0.1, -0.05) is 60.7 Å². The maximum atomic E-state index is 12.8. The van der Waals surface area contributed by atoms with E-state index >= 15 is 0 Å². The van der Waals surface area contributed by atoms with Crippen LogP contribution in [0.25, 0.3) is 11.1 Å². The van der Waals surface area contributed by atoms with Crippen molar-refractivity contribution in [2.45, 2.75) is 18.9 Å². The van der Waals surface area contributed by atoms with Crippen molar-refractivity contribution < 1.29 is 9.59 Å². The maximum Gasteiger partial charge on any atom is 0.321 e. The molecule has 1 aliphatic rings.